The number of hydrogen-bond acceptors (Lipinski definition) is 3. The number of rotatable bonds is 3. The SMILES string of the molecule is CC(C[C@H](C)O)N=O. The lowest BCUT2D eigenvalue weighted by Crippen LogP contribution is -2.08. The van der Waals surface area contributed by atoms with E-state index in [1.54, 1.807) is 13.8 Å². The average molecular weight is 117 g/mol. The van der Waals surface area contributed by atoms with Gasteiger partial charge in [0.05, 0.1) is 12.1 Å². The Labute approximate surface area is 48.7 Å². The molecule has 0 radical (unpaired) electrons. The van der Waals surface area contributed by atoms with Gasteiger partial charge in [0, 0.05) is 0 Å². The Kier molecular flexibility index (Phi) is 3.35. The fourth-order valence-electron chi connectivity index (χ4n) is 0.537. The third kappa shape index (κ3) is 3.74. The number of aliphatic hydroxyl groups excluding tert-OH is 1. The number of nitrogens with zero attached hydrogens (tertiary/aromatic N) is 1. The summed E-state index contributed by atoms with van der Waals surface area (Å²) in [6.45, 7) is 3.32. The summed E-state index contributed by atoms with van der Waals surface area (Å²) >= 11 is 0. The molecule has 0 amide bonds. The average Bonchev–Trinajstić information content (AvgIpc) is 1.65. The van der Waals surface area contributed by atoms with Gasteiger partial charge in [0.15, 0.2) is 0 Å². The second-order valence-corrected chi connectivity index (χ2v) is 2.04. The molecule has 3 heteroatoms. The molecule has 3 nitrogen and oxygen atoms in total. The molecule has 0 fully saturated rings. The molecule has 48 valence electrons. The number of hydrogen-bond donors (Lipinski definition) is 1. The van der Waals surface area contributed by atoms with Crippen molar-refractivity contribution in [1.29, 1.82) is 0 Å². The lowest BCUT2D eigenvalue weighted by atomic mass is 10.2. The molecule has 0 aliphatic heterocycles. The monoisotopic (exact) mass is 117 g/mol. The summed E-state index contributed by atoms with van der Waals surface area (Å²) < 4.78 is 0. The van der Waals surface area contributed by atoms with Crippen molar-refractivity contribution in [3.05, 3.63) is 4.91 Å². The standard InChI is InChI=1S/C5H11NO2/c1-4(6-8)3-5(2)7/h4-5,7H,3H2,1-2H3/t4?,5-/m0/s1. The van der Waals surface area contributed by atoms with E-state index in [0.29, 0.717) is 6.42 Å². The molecular weight excluding hydrogens is 106 g/mol. The normalized spacial score (nSPS) is 17.4. The van der Waals surface area contributed by atoms with Crippen molar-refractivity contribution in [2.45, 2.75) is 32.4 Å². The van der Waals surface area contributed by atoms with Gasteiger partial charge in [-0.15, -0.1) is 0 Å². The van der Waals surface area contributed by atoms with Gasteiger partial charge in [-0.05, 0) is 20.3 Å². The number of aliphatic hydroxyl groups is 1. The molecule has 0 rings (SSSR count). The second-order valence-electron chi connectivity index (χ2n) is 2.04. The number of nitroso groups, excluding NO2 is 1. The van der Waals surface area contributed by atoms with Crippen LogP contribution in [0, 0.1) is 4.91 Å². The van der Waals surface area contributed by atoms with E-state index < -0.39 is 6.10 Å². The molecule has 0 aliphatic carbocycles. The van der Waals surface area contributed by atoms with Gasteiger partial charge in [-0.1, -0.05) is 5.18 Å². The first-order chi connectivity index (χ1) is 3.66. The first-order valence-electron chi connectivity index (χ1n) is 2.67. The third-order valence-corrected chi connectivity index (χ3v) is 0.862. The molecule has 0 heterocycles. The molecular formula is C5H11NO2. The van der Waals surface area contributed by atoms with Crippen LogP contribution in [0.15, 0.2) is 5.18 Å². The van der Waals surface area contributed by atoms with Crippen molar-refractivity contribution in [2.24, 2.45) is 5.18 Å². The van der Waals surface area contributed by atoms with Crippen molar-refractivity contribution in [3.63, 3.8) is 0 Å². The minimum absolute atomic E-state index is 0.255. The smallest absolute Gasteiger partial charge is 0.0916 e. The first-order valence-corrected chi connectivity index (χ1v) is 2.67. The first kappa shape index (κ1) is 7.56. The van der Waals surface area contributed by atoms with Crippen molar-refractivity contribution in [2.75, 3.05) is 0 Å². The quantitative estimate of drug-likeness (QED) is 0.558. The van der Waals surface area contributed by atoms with E-state index in [0.717, 1.165) is 0 Å². The summed E-state index contributed by atoms with van der Waals surface area (Å²) in [5, 5.41) is 11.4. The predicted octanol–water partition coefficient (Wildman–Crippen LogP) is 0.912. The van der Waals surface area contributed by atoms with Crippen molar-refractivity contribution in [3.8, 4) is 0 Å². The molecule has 1 unspecified atom stereocenters. The molecule has 0 aliphatic rings. The largest absolute Gasteiger partial charge is 0.393 e. The van der Waals surface area contributed by atoms with Crippen LogP contribution in [-0.4, -0.2) is 17.3 Å². The summed E-state index contributed by atoms with van der Waals surface area (Å²) in [6, 6.07) is -0.255. The highest BCUT2D eigenvalue weighted by molar-refractivity contribution is 4.60. The highest BCUT2D eigenvalue weighted by Gasteiger charge is 2.03. The molecule has 0 saturated heterocycles. The predicted molar refractivity (Wildman–Crippen MR) is 31.6 cm³/mol. The third-order valence-electron chi connectivity index (χ3n) is 0.862. The zero-order valence-electron chi connectivity index (χ0n) is 5.16. The lowest BCUT2D eigenvalue weighted by Gasteiger charge is -2.02. The van der Waals surface area contributed by atoms with Crippen LogP contribution in [0.1, 0.15) is 20.3 Å². The Morgan fingerprint density at radius 1 is 1.62 bits per heavy atom. The van der Waals surface area contributed by atoms with Gasteiger partial charge in [-0.25, -0.2) is 0 Å². The minimum atomic E-state index is -0.414. The van der Waals surface area contributed by atoms with E-state index in [9.17, 15) is 4.91 Å². The molecule has 0 aromatic rings. The van der Waals surface area contributed by atoms with Crippen molar-refractivity contribution < 1.29 is 5.11 Å². The van der Waals surface area contributed by atoms with E-state index in [1.165, 1.54) is 0 Å². The maximum absolute atomic E-state index is 9.68. The van der Waals surface area contributed by atoms with Crippen LogP contribution in [0.2, 0.25) is 0 Å². The molecule has 0 bridgehead atoms. The Hall–Kier alpha value is -0.440. The van der Waals surface area contributed by atoms with Gasteiger partial charge >= 0.3 is 0 Å². The maximum Gasteiger partial charge on any atom is 0.0916 e. The van der Waals surface area contributed by atoms with Gasteiger partial charge in [-0.2, -0.15) is 4.91 Å². The fourth-order valence-corrected chi connectivity index (χ4v) is 0.537. The van der Waals surface area contributed by atoms with E-state index in [4.69, 9.17) is 5.11 Å². The molecule has 8 heavy (non-hydrogen) atoms. The van der Waals surface area contributed by atoms with Gasteiger partial charge in [-0.3, -0.25) is 0 Å². The minimum Gasteiger partial charge on any atom is -0.393 e. The summed E-state index contributed by atoms with van der Waals surface area (Å²) in [7, 11) is 0. The van der Waals surface area contributed by atoms with E-state index in [2.05, 4.69) is 5.18 Å². The molecule has 2 atom stereocenters. The van der Waals surface area contributed by atoms with Gasteiger partial charge < -0.3 is 5.11 Å². The Bertz CT molecular complexity index is 72.8. The zero-order valence-corrected chi connectivity index (χ0v) is 5.16. The van der Waals surface area contributed by atoms with Crippen LogP contribution < -0.4 is 0 Å². The van der Waals surface area contributed by atoms with Crippen LogP contribution >= 0.6 is 0 Å². The van der Waals surface area contributed by atoms with Gasteiger partial charge in [0.25, 0.3) is 0 Å². The summed E-state index contributed by atoms with van der Waals surface area (Å²) in [5.41, 5.74) is 0. The Morgan fingerprint density at radius 3 is 2.25 bits per heavy atom. The Balaban J connectivity index is 3.23. The zero-order chi connectivity index (χ0) is 6.57. The topological polar surface area (TPSA) is 49.7 Å². The molecule has 0 aromatic carbocycles. The van der Waals surface area contributed by atoms with Crippen LogP contribution in [0.4, 0.5) is 0 Å². The lowest BCUT2D eigenvalue weighted by molar-refractivity contribution is 0.177. The summed E-state index contributed by atoms with van der Waals surface area (Å²) in [5.74, 6) is 0. The van der Waals surface area contributed by atoms with Crippen LogP contribution in [0.3, 0.4) is 0 Å². The van der Waals surface area contributed by atoms with Crippen molar-refractivity contribution in [1.82, 2.24) is 0 Å². The Morgan fingerprint density at radius 2 is 2.12 bits per heavy atom. The van der Waals surface area contributed by atoms with E-state index >= 15 is 0 Å². The highest BCUT2D eigenvalue weighted by Crippen LogP contribution is 1.99. The maximum atomic E-state index is 9.68. The van der Waals surface area contributed by atoms with Gasteiger partial charge in [0.1, 0.15) is 0 Å². The molecule has 0 spiro atoms. The fraction of sp³-hybridized carbons (Fsp3) is 1.00. The summed E-state index contributed by atoms with van der Waals surface area (Å²) in [6.07, 6.45) is 0.0476. The van der Waals surface area contributed by atoms with E-state index in [-0.39, 0.29) is 6.04 Å². The van der Waals surface area contributed by atoms with Crippen LogP contribution in [0.5, 0.6) is 0 Å². The van der Waals surface area contributed by atoms with Gasteiger partial charge in [0.2, 0.25) is 0 Å². The van der Waals surface area contributed by atoms with Crippen LogP contribution in [0.25, 0.3) is 0 Å². The second kappa shape index (κ2) is 3.55. The molecule has 0 aromatic heterocycles. The highest BCUT2D eigenvalue weighted by atomic mass is 16.3. The van der Waals surface area contributed by atoms with E-state index in [1.807, 2.05) is 0 Å². The van der Waals surface area contributed by atoms with Crippen LogP contribution in [-0.2, 0) is 0 Å². The molecule has 1 N–H and O–H groups in total. The molecule has 0 saturated carbocycles. The van der Waals surface area contributed by atoms with Crippen molar-refractivity contribution >= 4 is 0 Å². The summed E-state index contributed by atoms with van der Waals surface area (Å²) in [4.78, 5) is 9.68.